The number of methoxy groups -OCH3 is 1. The Morgan fingerprint density at radius 2 is 1.52 bits per heavy atom. The SMILES string of the molecule is CC=Cc1c(F)c(F)c(Oc2ccc(C)cc2OC)c(F)c1F. The summed E-state index contributed by atoms with van der Waals surface area (Å²) in [7, 11) is 1.34. The fraction of sp³-hybridized carbons (Fsp3) is 0.176. The highest BCUT2D eigenvalue weighted by atomic mass is 19.2. The van der Waals surface area contributed by atoms with Crippen molar-refractivity contribution in [2.75, 3.05) is 7.11 Å². The van der Waals surface area contributed by atoms with Gasteiger partial charge >= 0.3 is 0 Å². The minimum absolute atomic E-state index is 0.0616. The second-order valence-electron chi connectivity index (χ2n) is 4.76. The molecule has 23 heavy (non-hydrogen) atoms. The Hall–Kier alpha value is -2.50. The van der Waals surface area contributed by atoms with E-state index in [2.05, 4.69) is 0 Å². The van der Waals surface area contributed by atoms with Crippen molar-refractivity contribution in [1.29, 1.82) is 0 Å². The molecule has 0 saturated carbocycles. The topological polar surface area (TPSA) is 18.5 Å². The van der Waals surface area contributed by atoms with Crippen molar-refractivity contribution in [1.82, 2.24) is 0 Å². The summed E-state index contributed by atoms with van der Waals surface area (Å²) < 4.78 is 65.9. The summed E-state index contributed by atoms with van der Waals surface area (Å²) >= 11 is 0. The van der Waals surface area contributed by atoms with E-state index in [1.54, 1.807) is 19.1 Å². The maximum atomic E-state index is 14.0. The van der Waals surface area contributed by atoms with Crippen LogP contribution >= 0.6 is 0 Å². The molecule has 0 bridgehead atoms. The fourth-order valence-electron chi connectivity index (χ4n) is 2.00. The number of allylic oxidation sites excluding steroid dienone is 1. The molecule has 0 saturated heterocycles. The first-order valence-corrected chi connectivity index (χ1v) is 6.71. The zero-order chi connectivity index (χ0) is 17.1. The third-order valence-corrected chi connectivity index (χ3v) is 3.12. The lowest BCUT2D eigenvalue weighted by Gasteiger charge is -2.14. The summed E-state index contributed by atoms with van der Waals surface area (Å²) in [6.07, 6.45) is 2.21. The van der Waals surface area contributed by atoms with Gasteiger partial charge in [0, 0.05) is 0 Å². The molecule has 0 N–H and O–H groups in total. The van der Waals surface area contributed by atoms with Crippen LogP contribution in [-0.4, -0.2) is 7.11 Å². The third-order valence-electron chi connectivity index (χ3n) is 3.12. The summed E-state index contributed by atoms with van der Waals surface area (Å²) in [6.45, 7) is 3.24. The minimum atomic E-state index is -1.61. The van der Waals surface area contributed by atoms with Crippen LogP contribution in [0, 0.1) is 30.2 Å². The Labute approximate surface area is 131 Å². The zero-order valence-corrected chi connectivity index (χ0v) is 12.7. The summed E-state index contributed by atoms with van der Waals surface area (Å²) in [5.41, 5.74) is 0.0154. The molecule has 0 radical (unpaired) electrons. The van der Waals surface area contributed by atoms with Crippen LogP contribution in [-0.2, 0) is 0 Å². The maximum absolute atomic E-state index is 14.0. The normalized spacial score (nSPS) is 11.1. The van der Waals surface area contributed by atoms with Crippen LogP contribution in [0.1, 0.15) is 18.1 Å². The van der Waals surface area contributed by atoms with Gasteiger partial charge in [-0.2, -0.15) is 8.78 Å². The molecule has 6 heteroatoms. The molecule has 2 rings (SSSR count). The molecule has 2 aromatic carbocycles. The minimum Gasteiger partial charge on any atom is -0.493 e. The van der Waals surface area contributed by atoms with E-state index in [0.717, 1.165) is 11.6 Å². The summed E-state index contributed by atoms with van der Waals surface area (Å²) in [5.74, 6) is -7.31. The highest BCUT2D eigenvalue weighted by Gasteiger charge is 2.26. The third kappa shape index (κ3) is 3.16. The summed E-state index contributed by atoms with van der Waals surface area (Å²) in [5, 5.41) is 0. The van der Waals surface area contributed by atoms with E-state index in [-0.39, 0.29) is 11.5 Å². The van der Waals surface area contributed by atoms with Crippen molar-refractivity contribution in [2.24, 2.45) is 0 Å². The second-order valence-corrected chi connectivity index (χ2v) is 4.76. The van der Waals surface area contributed by atoms with Crippen LogP contribution in [0.2, 0.25) is 0 Å². The molecule has 0 atom stereocenters. The van der Waals surface area contributed by atoms with Gasteiger partial charge in [0.1, 0.15) is 0 Å². The highest BCUT2D eigenvalue weighted by Crippen LogP contribution is 2.37. The van der Waals surface area contributed by atoms with E-state index < -0.39 is 34.6 Å². The molecule has 0 heterocycles. The van der Waals surface area contributed by atoms with Crippen LogP contribution in [0.3, 0.4) is 0 Å². The number of aryl methyl sites for hydroxylation is 1. The van der Waals surface area contributed by atoms with Crippen molar-refractivity contribution in [2.45, 2.75) is 13.8 Å². The van der Waals surface area contributed by atoms with E-state index in [4.69, 9.17) is 9.47 Å². The van der Waals surface area contributed by atoms with Gasteiger partial charge in [0.25, 0.3) is 0 Å². The van der Waals surface area contributed by atoms with Gasteiger partial charge < -0.3 is 9.47 Å². The molecule has 0 aliphatic rings. The quantitative estimate of drug-likeness (QED) is 0.554. The molecular formula is C17H14F4O2. The van der Waals surface area contributed by atoms with Crippen LogP contribution in [0.15, 0.2) is 24.3 Å². The largest absolute Gasteiger partial charge is 0.493 e. The van der Waals surface area contributed by atoms with Crippen LogP contribution in [0.4, 0.5) is 17.6 Å². The van der Waals surface area contributed by atoms with Gasteiger partial charge in [0.2, 0.25) is 17.4 Å². The van der Waals surface area contributed by atoms with E-state index >= 15 is 0 Å². The Bertz CT molecular complexity index is 741. The Morgan fingerprint density at radius 1 is 0.913 bits per heavy atom. The molecular weight excluding hydrogens is 312 g/mol. The van der Waals surface area contributed by atoms with Crippen molar-refractivity contribution < 1.29 is 27.0 Å². The lowest BCUT2D eigenvalue weighted by Crippen LogP contribution is -2.04. The van der Waals surface area contributed by atoms with Crippen molar-refractivity contribution in [3.8, 4) is 17.2 Å². The molecule has 0 amide bonds. The lowest BCUT2D eigenvalue weighted by atomic mass is 10.1. The van der Waals surface area contributed by atoms with Crippen LogP contribution < -0.4 is 9.47 Å². The van der Waals surface area contributed by atoms with Gasteiger partial charge in [0.05, 0.1) is 12.7 Å². The summed E-state index contributed by atoms with van der Waals surface area (Å²) in [6, 6.07) is 4.56. The van der Waals surface area contributed by atoms with Gasteiger partial charge in [0.15, 0.2) is 23.1 Å². The van der Waals surface area contributed by atoms with Gasteiger partial charge in [-0.05, 0) is 31.5 Å². The lowest BCUT2D eigenvalue weighted by molar-refractivity contribution is 0.341. The van der Waals surface area contributed by atoms with E-state index in [0.29, 0.717) is 0 Å². The van der Waals surface area contributed by atoms with Crippen molar-refractivity contribution in [3.63, 3.8) is 0 Å². The van der Waals surface area contributed by atoms with Gasteiger partial charge in [-0.1, -0.05) is 18.2 Å². The number of halogens is 4. The van der Waals surface area contributed by atoms with Crippen LogP contribution in [0.25, 0.3) is 6.08 Å². The Morgan fingerprint density at radius 3 is 2.04 bits per heavy atom. The standard InChI is InChI=1S/C17H14F4O2/c1-4-5-10-13(18)15(20)17(16(21)14(10)19)23-11-7-6-9(2)8-12(11)22-3/h4-8H,1-3H3. The monoisotopic (exact) mass is 326 g/mol. The van der Waals surface area contributed by atoms with Gasteiger partial charge in [-0.25, -0.2) is 8.78 Å². The number of rotatable bonds is 4. The Balaban J connectivity index is 2.58. The maximum Gasteiger partial charge on any atom is 0.205 e. The molecule has 0 spiro atoms. The molecule has 122 valence electrons. The number of hydrogen-bond acceptors (Lipinski definition) is 2. The Kier molecular flexibility index (Phi) is 4.93. The predicted molar refractivity (Wildman–Crippen MR) is 78.8 cm³/mol. The van der Waals surface area contributed by atoms with Gasteiger partial charge in [-0.15, -0.1) is 0 Å². The first kappa shape index (κ1) is 16.9. The molecule has 0 aliphatic heterocycles. The highest BCUT2D eigenvalue weighted by molar-refractivity contribution is 5.54. The molecule has 0 fully saturated rings. The molecule has 0 aromatic heterocycles. The number of hydrogen-bond donors (Lipinski definition) is 0. The van der Waals surface area contributed by atoms with Crippen LogP contribution in [0.5, 0.6) is 17.2 Å². The average molecular weight is 326 g/mol. The average Bonchev–Trinajstić information content (AvgIpc) is 2.54. The first-order valence-electron chi connectivity index (χ1n) is 6.71. The molecule has 2 aromatic rings. The zero-order valence-electron chi connectivity index (χ0n) is 12.7. The van der Waals surface area contributed by atoms with Crippen molar-refractivity contribution in [3.05, 3.63) is 58.7 Å². The van der Waals surface area contributed by atoms with E-state index in [9.17, 15) is 17.6 Å². The van der Waals surface area contributed by atoms with E-state index in [1.165, 1.54) is 26.2 Å². The predicted octanol–water partition coefficient (Wildman–Crippen LogP) is 5.39. The molecule has 2 nitrogen and oxygen atoms in total. The first-order chi connectivity index (χ1) is 10.9. The molecule has 0 aliphatic carbocycles. The van der Waals surface area contributed by atoms with Gasteiger partial charge in [-0.3, -0.25) is 0 Å². The molecule has 0 unspecified atom stereocenters. The summed E-state index contributed by atoms with van der Waals surface area (Å²) in [4.78, 5) is 0. The number of ether oxygens (including phenoxy) is 2. The van der Waals surface area contributed by atoms with E-state index in [1.807, 2.05) is 0 Å². The fourth-order valence-corrected chi connectivity index (χ4v) is 2.00. The number of benzene rings is 2. The van der Waals surface area contributed by atoms with Crippen molar-refractivity contribution >= 4 is 6.08 Å². The smallest absolute Gasteiger partial charge is 0.205 e. The second kappa shape index (κ2) is 6.73.